The molecule has 0 spiro atoms. The van der Waals surface area contributed by atoms with Gasteiger partial charge in [-0.25, -0.2) is 4.79 Å². The number of hydrogen-bond donors (Lipinski definition) is 2. The van der Waals surface area contributed by atoms with Gasteiger partial charge in [0, 0.05) is 12.6 Å². The van der Waals surface area contributed by atoms with Crippen molar-refractivity contribution < 1.29 is 19.1 Å². The minimum atomic E-state index is -0.390. The van der Waals surface area contributed by atoms with Crippen LogP contribution in [0.25, 0.3) is 0 Å². The molecule has 0 radical (unpaired) electrons. The van der Waals surface area contributed by atoms with Crippen molar-refractivity contribution in [1.82, 2.24) is 5.32 Å². The molecule has 5 nitrogen and oxygen atoms in total. The van der Waals surface area contributed by atoms with Gasteiger partial charge in [0.1, 0.15) is 12.0 Å². The van der Waals surface area contributed by atoms with Crippen molar-refractivity contribution in [3.8, 4) is 0 Å². The van der Waals surface area contributed by atoms with Crippen LogP contribution in [0.4, 0.5) is 0 Å². The second-order valence-electron chi connectivity index (χ2n) is 4.65. The molecule has 5 heteroatoms. The first-order chi connectivity index (χ1) is 8.74. The molecular formula is C13H19NO4. The quantitative estimate of drug-likeness (QED) is 0.774. The smallest absolute Gasteiger partial charge is 0.341 e. The van der Waals surface area contributed by atoms with Crippen LogP contribution >= 0.6 is 0 Å². The first kappa shape index (κ1) is 13.1. The van der Waals surface area contributed by atoms with Crippen LogP contribution in [0, 0.1) is 5.92 Å². The molecule has 0 saturated heterocycles. The molecular weight excluding hydrogens is 234 g/mol. The highest BCUT2D eigenvalue weighted by atomic mass is 16.5. The predicted molar refractivity (Wildman–Crippen MR) is 65.1 cm³/mol. The number of hydrogen-bond acceptors (Lipinski definition) is 5. The fourth-order valence-corrected chi connectivity index (χ4v) is 2.45. The number of ether oxygens (including phenoxy) is 1. The van der Waals surface area contributed by atoms with Crippen molar-refractivity contribution in [3.63, 3.8) is 0 Å². The molecule has 2 atom stereocenters. The van der Waals surface area contributed by atoms with E-state index in [4.69, 9.17) is 4.42 Å². The van der Waals surface area contributed by atoms with E-state index in [1.54, 1.807) is 6.07 Å². The van der Waals surface area contributed by atoms with Crippen LogP contribution in [-0.2, 0) is 11.3 Å². The van der Waals surface area contributed by atoms with Gasteiger partial charge in [0.2, 0.25) is 0 Å². The lowest BCUT2D eigenvalue weighted by atomic mass is 10.1. The number of aliphatic hydroxyl groups excluding tert-OH is 1. The van der Waals surface area contributed by atoms with E-state index >= 15 is 0 Å². The molecule has 2 unspecified atom stereocenters. The van der Waals surface area contributed by atoms with Crippen molar-refractivity contribution in [1.29, 1.82) is 0 Å². The molecule has 0 amide bonds. The number of rotatable bonds is 5. The first-order valence-electron chi connectivity index (χ1n) is 6.24. The highest BCUT2D eigenvalue weighted by molar-refractivity contribution is 5.88. The van der Waals surface area contributed by atoms with Gasteiger partial charge in [-0.3, -0.25) is 0 Å². The molecule has 0 aromatic carbocycles. The standard InChI is InChI=1S/C13H19NO4/c1-17-13(16)10-5-11(18-8-10)6-14-12-4-2-3-9(12)7-15/h5,8-9,12,14-15H,2-4,6-7H2,1H3. The Kier molecular flexibility index (Phi) is 4.38. The summed E-state index contributed by atoms with van der Waals surface area (Å²) >= 11 is 0. The van der Waals surface area contributed by atoms with Crippen LogP contribution < -0.4 is 5.32 Å². The van der Waals surface area contributed by atoms with Crippen molar-refractivity contribution in [3.05, 3.63) is 23.7 Å². The van der Waals surface area contributed by atoms with Crippen LogP contribution in [0.3, 0.4) is 0 Å². The van der Waals surface area contributed by atoms with Gasteiger partial charge in [0.25, 0.3) is 0 Å². The summed E-state index contributed by atoms with van der Waals surface area (Å²) < 4.78 is 9.90. The number of methoxy groups -OCH3 is 1. The summed E-state index contributed by atoms with van der Waals surface area (Å²) in [5, 5.41) is 12.6. The molecule has 1 aliphatic carbocycles. The number of carbonyl (C=O) groups excluding carboxylic acids is 1. The van der Waals surface area contributed by atoms with Gasteiger partial charge in [0.05, 0.1) is 19.2 Å². The minimum Gasteiger partial charge on any atom is -0.467 e. The summed E-state index contributed by atoms with van der Waals surface area (Å²) in [6.45, 7) is 0.793. The lowest BCUT2D eigenvalue weighted by Gasteiger charge is -2.18. The lowest BCUT2D eigenvalue weighted by Crippen LogP contribution is -2.33. The number of carbonyl (C=O) groups is 1. The fourth-order valence-electron chi connectivity index (χ4n) is 2.45. The Morgan fingerprint density at radius 3 is 3.17 bits per heavy atom. The second kappa shape index (κ2) is 6.02. The minimum absolute atomic E-state index is 0.225. The van der Waals surface area contributed by atoms with E-state index in [2.05, 4.69) is 10.1 Å². The summed E-state index contributed by atoms with van der Waals surface area (Å²) in [6.07, 6.45) is 4.70. The third-order valence-corrected chi connectivity index (χ3v) is 3.51. The fraction of sp³-hybridized carbons (Fsp3) is 0.615. The highest BCUT2D eigenvalue weighted by Gasteiger charge is 2.26. The van der Waals surface area contributed by atoms with Gasteiger partial charge < -0.3 is 19.6 Å². The zero-order chi connectivity index (χ0) is 13.0. The van der Waals surface area contributed by atoms with Crippen molar-refractivity contribution in [2.24, 2.45) is 5.92 Å². The van der Waals surface area contributed by atoms with Gasteiger partial charge in [-0.05, 0) is 24.8 Å². The monoisotopic (exact) mass is 253 g/mol. The summed E-state index contributed by atoms with van der Waals surface area (Å²) in [6, 6.07) is 2.02. The molecule has 1 aromatic heterocycles. The van der Waals surface area contributed by atoms with E-state index in [0.717, 1.165) is 19.3 Å². The third-order valence-electron chi connectivity index (χ3n) is 3.51. The maximum Gasteiger partial charge on any atom is 0.341 e. The third kappa shape index (κ3) is 2.91. The highest BCUT2D eigenvalue weighted by Crippen LogP contribution is 2.25. The van der Waals surface area contributed by atoms with Crippen LogP contribution in [0.15, 0.2) is 16.7 Å². The maximum atomic E-state index is 11.2. The molecule has 1 heterocycles. The van der Waals surface area contributed by atoms with Gasteiger partial charge >= 0.3 is 5.97 Å². The molecule has 1 aromatic rings. The lowest BCUT2D eigenvalue weighted by molar-refractivity contribution is 0.0600. The largest absolute Gasteiger partial charge is 0.467 e. The van der Waals surface area contributed by atoms with Crippen LogP contribution in [0.1, 0.15) is 35.4 Å². The Hall–Kier alpha value is -1.33. The molecule has 1 saturated carbocycles. The topological polar surface area (TPSA) is 71.7 Å². The zero-order valence-corrected chi connectivity index (χ0v) is 10.5. The molecule has 18 heavy (non-hydrogen) atoms. The Morgan fingerprint density at radius 2 is 2.44 bits per heavy atom. The normalized spacial score (nSPS) is 23.2. The molecule has 1 fully saturated rings. The summed E-state index contributed by atoms with van der Waals surface area (Å²) in [5.41, 5.74) is 0.430. The SMILES string of the molecule is COC(=O)c1coc(CNC2CCCC2CO)c1. The number of furan rings is 1. The Morgan fingerprint density at radius 1 is 1.61 bits per heavy atom. The van der Waals surface area contributed by atoms with E-state index in [9.17, 15) is 9.90 Å². The summed E-state index contributed by atoms with van der Waals surface area (Å²) in [4.78, 5) is 11.2. The van der Waals surface area contributed by atoms with E-state index in [-0.39, 0.29) is 12.6 Å². The van der Waals surface area contributed by atoms with Crippen LogP contribution in [0.5, 0.6) is 0 Å². The maximum absolute atomic E-state index is 11.2. The molecule has 0 bridgehead atoms. The average Bonchev–Trinajstić information content (AvgIpc) is 3.03. The molecule has 2 rings (SSSR count). The number of aliphatic hydroxyl groups is 1. The second-order valence-corrected chi connectivity index (χ2v) is 4.65. The van der Waals surface area contributed by atoms with Gasteiger partial charge in [-0.15, -0.1) is 0 Å². The van der Waals surface area contributed by atoms with E-state index < -0.39 is 0 Å². The Labute approximate surface area is 106 Å². The average molecular weight is 253 g/mol. The number of nitrogens with one attached hydrogen (secondary N) is 1. The Balaban J connectivity index is 1.86. The first-order valence-corrected chi connectivity index (χ1v) is 6.24. The predicted octanol–water partition coefficient (Wildman–Crippen LogP) is 1.32. The van der Waals surface area contributed by atoms with E-state index in [1.807, 2.05) is 0 Å². The molecule has 2 N–H and O–H groups in total. The summed E-state index contributed by atoms with van der Waals surface area (Å²) in [7, 11) is 1.34. The van der Waals surface area contributed by atoms with Crippen LogP contribution in [-0.4, -0.2) is 30.8 Å². The van der Waals surface area contributed by atoms with Gasteiger partial charge in [-0.2, -0.15) is 0 Å². The molecule has 0 aliphatic heterocycles. The summed E-state index contributed by atoms with van der Waals surface area (Å²) in [5.74, 6) is 0.651. The molecule has 100 valence electrons. The number of esters is 1. The van der Waals surface area contributed by atoms with Crippen molar-refractivity contribution >= 4 is 5.97 Å². The van der Waals surface area contributed by atoms with E-state index in [0.29, 0.717) is 29.8 Å². The Bertz CT molecular complexity index is 401. The van der Waals surface area contributed by atoms with Crippen molar-refractivity contribution in [2.45, 2.75) is 31.8 Å². The van der Waals surface area contributed by atoms with Crippen LogP contribution in [0.2, 0.25) is 0 Å². The van der Waals surface area contributed by atoms with E-state index in [1.165, 1.54) is 13.4 Å². The van der Waals surface area contributed by atoms with Gasteiger partial charge in [0.15, 0.2) is 0 Å². The van der Waals surface area contributed by atoms with Gasteiger partial charge in [-0.1, -0.05) is 6.42 Å². The molecule has 1 aliphatic rings. The zero-order valence-electron chi connectivity index (χ0n) is 10.5. The van der Waals surface area contributed by atoms with Crippen molar-refractivity contribution in [2.75, 3.05) is 13.7 Å².